The van der Waals surface area contributed by atoms with Crippen molar-refractivity contribution in [3.63, 3.8) is 0 Å². The van der Waals surface area contributed by atoms with Gasteiger partial charge in [0.25, 0.3) is 10.0 Å². The lowest BCUT2D eigenvalue weighted by Gasteiger charge is -2.13. The topological polar surface area (TPSA) is 49.4 Å². The molecule has 0 aliphatic rings. The second-order valence-electron chi connectivity index (χ2n) is 4.62. The molecule has 0 amide bonds. The number of rotatable bonds is 4. The lowest BCUT2D eigenvalue weighted by atomic mass is 10.3. The molecule has 0 spiro atoms. The van der Waals surface area contributed by atoms with E-state index in [1.807, 2.05) is 19.0 Å². The lowest BCUT2D eigenvalue weighted by Crippen LogP contribution is -2.14. The molecule has 4 nitrogen and oxygen atoms in total. The van der Waals surface area contributed by atoms with E-state index >= 15 is 0 Å². The van der Waals surface area contributed by atoms with Crippen molar-refractivity contribution in [1.82, 2.24) is 0 Å². The van der Waals surface area contributed by atoms with Crippen molar-refractivity contribution in [2.75, 3.05) is 23.7 Å². The predicted molar refractivity (Wildman–Crippen MR) is 77.9 cm³/mol. The average molecular weight is 312 g/mol. The first-order valence-corrected chi connectivity index (χ1v) is 7.53. The van der Waals surface area contributed by atoms with Crippen LogP contribution < -0.4 is 9.62 Å². The molecule has 2 aromatic carbocycles. The molecule has 0 atom stereocenters. The Balaban J connectivity index is 2.26. The van der Waals surface area contributed by atoms with Crippen LogP contribution in [0.5, 0.6) is 0 Å². The highest BCUT2D eigenvalue weighted by Gasteiger charge is 2.16. The Kier molecular flexibility index (Phi) is 4.13. The molecule has 0 bridgehead atoms. The maximum Gasteiger partial charge on any atom is 0.261 e. The van der Waals surface area contributed by atoms with Gasteiger partial charge in [0, 0.05) is 25.5 Å². The summed E-state index contributed by atoms with van der Waals surface area (Å²) >= 11 is 0. The minimum atomic E-state index is -3.96. The monoisotopic (exact) mass is 312 g/mol. The van der Waals surface area contributed by atoms with E-state index in [1.54, 1.807) is 24.3 Å². The van der Waals surface area contributed by atoms with Gasteiger partial charge in [-0.05, 0) is 42.5 Å². The van der Waals surface area contributed by atoms with E-state index in [0.717, 1.165) is 17.8 Å². The van der Waals surface area contributed by atoms with Crippen molar-refractivity contribution >= 4 is 21.4 Å². The molecular formula is C14H14F2N2O2S. The molecule has 7 heteroatoms. The van der Waals surface area contributed by atoms with Gasteiger partial charge in [0.1, 0.15) is 0 Å². The van der Waals surface area contributed by atoms with E-state index in [1.165, 1.54) is 0 Å². The van der Waals surface area contributed by atoms with E-state index in [-0.39, 0.29) is 4.90 Å². The highest BCUT2D eigenvalue weighted by molar-refractivity contribution is 7.92. The molecule has 0 unspecified atom stereocenters. The maximum absolute atomic E-state index is 13.1. The summed E-state index contributed by atoms with van der Waals surface area (Å²) in [5.41, 5.74) is 1.25. The smallest absolute Gasteiger partial charge is 0.261 e. The molecule has 2 aromatic rings. The highest BCUT2D eigenvalue weighted by atomic mass is 32.2. The first-order chi connectivity index (χ1) is 9.79. The van der Waals surface area contributed by atoms with Gasteiger partial charge in [-0.15, -0.1) is 0 Å². The number of hydrogen-bond acceptors (Lipinski definition) is 3. The minimum Gasteiger partial charge on any atom is -0.378 e. The number of benzene rings is 2. The molecule has 1 N–H and O–H groups in total. The Labute approximate surface area is 122 Å². The predicted octanol–water partition coefficient (Wildman–Crippen LogP) is 2.83. The van der Waals surface area contributed by atoms with Crippen LogP contribution >= 0.6 is 0 Å². The fraction of sp³-hybridized carbons (Fsp3) is 0.143. The molecule has 0 saturated carbocycles. The number of nitrogens with zero attached hydrogens (tertiary/aromatic N) is 1. The lowest BCUT2D eigenvalue weighted by molar-refractivity contribution is 0.504. The van der Waals surface area contributed by atoms with E-state index in [0.29, 0.717) is 11.8 Å². The van der Waals surface area contributed by atoms with E-state index < -0.39 is 21.7 Å². The highest BCUT2D eigenvalue weighted by Crippen LogP contribution is 2.20. The molecule has 0 aliphatic heterocycles. The van der Waals surface area contributed by atoms with Crippen LogP contribution in [0.25, 0.3) is 0 Å². The second kappa shape index (κ2) is 5.69. The van der Waals surface area contributed by atoms with Crippen LogP contribution in [0.1, 0.15) is 0 Å². The Morgan fingerprint density at radius 3 is 2.10 bits per heavy atom. The molecule has 0 heterocycles. The molecule has 0 aliphatic carbocycles. The van der Waals surface area contributed by atoms with Crippen molar-refractivity contribution in [2.24, 2.45) is 0 Å². The summed E-state index contributed by atoms with van der Waals surface area (Å²) in [6.45, 7) is 0. The number of anilines is 2. The molecule has 0 saturated heterocycles. The number of hydrogen-bond donors (Lipinski definition) is 1. The molecular weight excluding hydrogens is 298 g/mol. The average Bonchev–Trinajstić information content (AvgIpc) is 2.42. The normalized spacial score (nSPS) is 11.2. The summed E-state index contributed by atoms with van der Waals surface area (Å²) in [4.78, 5) is 1.53. The minimum absolute atomic E-state index is 0.335. The second-order valence-corrected chi connectivity index (χ2v) is 6.31. The van der Waals surface area contributed by atoms with E-state index in [2.05, 4.69) is 4.72 Å². The van der Waals surface area contributed by atoms with Crippen LogP contribution in [-0.4, -0.2) is 22.5 Å². The zero-order valence-electron chi connectivity index (χ0n) is 11.5. The van der Waals surface area contributed by atoms with Crippen LogP contribution in [0.3, 0.4) is 0 Å². The van der Waals surface area contributed by atoms with Gasteiger partial charge in [-0.25, -0.2) is 17.2 Å². The van der Waals surface area contributed by atoms with Crippen LogP contribution in [0, 0.1) is 11.6 Å². The quantitative estimate of drug-likeness (QED) is 0.944. The number of halogens is 2. The van der Waals surface area contributed by atoms with Crippen molar-refractivity contribution < 1.29 is 17.2 Å². The zero-order valence-corrected chi connectivity index (χ0v) is 12.3. The first-order valence-electron chi connectivity index (χ1n) is 6.05. The molecule has 112 valence electrons. The van der Waals surface area contributed by atoms with Crippen LogP contribution in [0.15, 0.2) is 47.4 Å². The van der Waals surface area contributed by atoms with Crippen molar-refractivity contribution in [2.45, 2.75) is 4.90 Å². The summed E-state index contributed by atoms with van der Waals surface area (Å²) in [6, 6.07) is 9.09. The molecule has 0 fully saturated rings. The van der Waals surface area contributed by atoms with Gasteiger partial charge >= 0.3 is 0 Å². The van der Waals surface area contributed by atoms with Gasteiger partial charge in [-0.1, -0.05) is 0 Å². The molecule has 2 rings (SSSR count). The van der Waals surface area contributed by atoms with E-state index in [4.69, 9.17) is 0 Å². The largest absolute Gasteiger partial charge is 0.378 e. The maximum atomic E-state index is 13.1. The van der Waals surface area contributed by atoms with Crippen LogP contribution in [0.2, 0.25) is 0 Å². The Hall–Kier alpha value is -2.15. The van der Waals surface area contributed by atoms with Crippen molar-refractivity contribution in [3.8, 4) is 0 Å². The summed E-state index contributed by atoms with van der Waals surface area (Å²) in [7, 11) is -0.233. The van der Waals surface area contributed by atoms with Crippen molar-refractivity contribution in [3.05, 3.63) is 54.1 Å². The fourth-order valence-corrected chi connectivity index (χ4v) is 2.76. The SMILES string of the molecule is CN(C)c1ccc(NS(=O)(=O)c2ccc(F)c(F)c2)cc1. The summed E-state index contributed by atoms with van der Waals surface area (Å²) < 4.78 is 52.4. The first kappa shape index (κ1) is 15.2. The zero-order chi connectivity index (χ0) is 15.6. The third kappa shape index (κ3) is 3.49. The summed E-state index contributed by atoms with van der Waals surface area (Å²) in [6.07, 6.45) is 0. The van der Waals surface area contributed by atoms with Gasteiger partial charge in [0.2, 0.25) is 0 Å². The molecule has 0 aromatic heterocycles. The van der Waals surface area contributed by atoms with Gasteiger partial charge in [0.05, 0.1) is 4.90 Å². The van der Waals surface area contributed by atoms with E-state index in [9.17, 15) is 17.2 Å². The van der Waals surface area contributed by atoms with Gasteiger partial charge in [-0.3, -0.25) is 4.72 Å². The van der Waals surface area contributed by atoms with Gasteiger partial charge in [-0.2, -0.15) is 0 Å². The Morgan fingerprint density at radius 2 is 1.57 bits per heavy atom. The Morgan fingerprint density at radius 1 is 0.952 bits per heavy atom. The summed E-state index contributed by atoms with van der Waals surface area (Å²) in [5.74, 6) is -2.30. The van der Waals surface area contributed by atoms with Gasteiger partial charge < -0.3 is 4.90 Å². The fourth-order valence-electron chi connectivity index (χ4n) is 1.69. The standard InChI is InChI=1S/C14H14F2N2O2S/c1-18(2)11-5-3-10(4-6-11)17-21(19,20)12-7-8-13(15)14(16)9-12/h3-9,17H,1-2H3. The van der Waals surface area contributed by atoms with Crippen LogP contribution in [-0.2, 0) is 10.0 Å². The third-order valence-electron chi connectivity index (χ3n) is 2.84. The molecule has 21 heavy (non-hydrogen) atoms. The van der Waals surface area contributed by atoms with Crippen molar-refractivity contribution in [1.29, 1.82) is 0 Å². The Bertz CT molecular complexity index is 744. The van der Waals surface area contributed by atoms with Gasteiger partial charge in [0.15, 0.2) is 11.6 Å². The number of sulfonamides is 1. The third-order valence-corrected chi connectivity index (χ3v) is 4.22. The van der Waals surface area contributed by atoms with Crippen LogP contribution in [0.4, 0.5) is 20.2 Å². The molecule has 0 radical (unpaired) electrons. The summed E-state index contributed by atoms with van der Waals surface area (Å²) in [5, 5.41) is 0. The number of nitrogens with one attached hydrogen (secondary N) is 1.